The van der Waals surface area contributed by atoms with Crippen LogP contribution in [0.3, 0.4) is 0 Å². The van der Waals surface area contributed by atoms with E-state index < -0.39 is 11.8 Å². The van der Waals surface area contributed by atoms with Gasteiger partial charge in [0.2, 0.25) is 0 Å². The second kappa shape index (κ2) is 7.76. The summed E-state index contributed by atoms with van der Waals surface area (Å²) in [5, 5.41) is 5.87. The minimum absolute atomic E-state index is 0.277. The molecular formula is C19H15ClN4O2. The van der Waals surface area contributed by atoms with Crippen molar-refractivity contribution in [1.82, 2.24) is 9.97 Å². The van der Waals surface area contributed by atoms with Gasteiger partial charge in [0.05, 0.1) is 16.3 Å². The number of aromatic nitrogens is 2. The van der Waals surface area contributed by atoms with Crippen LogP contribution in [0, 0.1) is 6.92 Å². The van der Waals surface area contributed by atoms with Crippen LogP contribution in [-0.4, -0.2) is 21.8 Å². The van der Waals surface area contributed by atoms with Crippen LogP contribution in [0.1, 0.15) is 26.5 Å². The SMILES string of the molecule is Cc1cccc(C(=O)Nc2ccccc2C(=O)Nc2ccc(Cl)cn2)n1. The maximum absolute atomic E-state index is 12.5. The van der Waals surface area contributed by atoms with E-state index in [4.69, 9.17) is 11.6 Å². The number of halogens is 1. The van der Waals surface area contributed by atoms with Gasteiger partial charge in [0.25, 0.3) is 11.8 Å². The van der Waals surface area contributed by atoms with Crippen molar-refractivity contribution in [2.24, 2.45) is 0 Å². The van der Waals surface area contributed by atoms with E-state index >= 15 is 0 Å². The lowest BCUT2D eigenvalue weighted by atomic mass is 10.1. The first-order valence-electron chi connectivity index (χ1n) is 7.80. The van der Waals surface area contributed by atoms with Gasteiger partial charge in [-0.15, -0.1) is 0 Å². The molecule has 0 radical (unpaired) electrons. The number of nitrogens with one attached hydrogen (secondary N) is 2. The average molecular weight is 367 g/mol. The summed E-state index contributed by atoms with van der Waals surface area (Å²) in [4.78, 5) is 33.2. The van der Waals surface area contributed by atoms with Gasteiger partial charge in [-0.3, -0.25) is 9.59 Å². The summed E-state index contributed by atoms with van der Waals surface area (Å²) >= 11 is 5.79. The smallest absolute Gasteiger partial charge is 0.274 e. The van der Waals surface area contributed by atoms with Crippen LogP contribution >= 0.6 is 11.6 Å². The van der Waals surface area contributed by atoms with Gasteiger partial charge in [0, 0.05) is 11.9 Å². The number of carbonyl (C=O) groups excluding carboxylic acids is 2. The number of pyridine rings is 2. The van der Waals surface area contributed by atoms with Crippen LogP contribution in [0.2, 0.25) is 5.02 Å². The monoisotopic (exact) mass is 366 g/mol. The van der Waals surface area contributed by atoms with Crippen molar-refractivity contribution in [1.29, 1.82) is 0 Å². The minimum atomic E-state index is -0.395. The molecule has 0 saturated carbocycles. The van der Waals surface area contributed by atoms with Crippen LogP contribution in [-0.2, 0) is 0 Å². The van der Waals surface area contributed by atoms with Crippen molar-refractivity contribution >= 4 is 34.9 Å². The predicted octanol–water partition coefficient (Wildman–Crippen LogP) is 3.94. The lowest BCUT2D eigenvalue weighted by Crippen LogP contribution is -2.19. The van der Waals surface area contributed by atoms with Gasteiger partial charge in [0.15, 0.2) is 0 Å². The Morgan fingerprint density at radius 2 is 1.73 bits per heavy atom. The summed E-state index contributed by atoms with van der Waals surface area (Å²) in [5.41, 5.74) is 1.70. The number of rotatable bonds is 4. The fourth-order valence-corrected chi connectivity index (χ4v) is 2.39. The number of anilines is 2. The van der Waals surface area contributed by atoms with Crippen LogP contribution in [0.5, 0.6) is 0 Å². The number of carbonyl (C=O) groups is 2. The average Bonchev–Trinajstić information content (AvgIpc) is 2.64. The van der Waals surface area contributed by atoms with E-state index in [1.54, 1.807) is 61.5 Å². The molecule has 0 saturated heterocycles. The molecule has 0 bridgehead atoms. The number of aryl methyl sites for hydroxylation is 1. The summed E-state index contributed by atoms with van der Waals surface area (Å²) in [6.45, 7) is 1.80. The maximum atomic E-state index is 12.5. The molecule has 26 heavy (non-hydrogen) atoms. The van der Waals surface area contributed by atoms with Crippen molar-refractivity contribution in [2.45, 2.75) is 6.92 Å². The van der Waals surface area contributed by atoms with Crippen LogP contribution in [0.15, 0.2) is 60.8 Å². The lowest BCUT2D eigenvalue weighted by Gasteiger charge is -2.11. The third-order valence-corrected chi connectivity index (χ3v) is 3.73. The Kier molecular flexibility index (Phi) is 5.24. The Balaban J connectivity index is 1.80. The zero-order chi connectivity index (χ0) is 18.5. The predicted molar refractivity (Wildman–Crippen MR) is 101 cm³/mol. The second-order valence-corrected chi connectivity index (χ2v) is 5.92. The molecule has 0 atom stereocenters. The van der Waals surface area contributed by atoms with E-state index in [0.717, 1.165) is 5.69 Å². The number of hydrogen-bond donors (Lipinski definition) is 2. The molecule has 130 valence electrons. The molecule has 0 aliphatic rings. The lowest BCUT2D eigenvalue weighted by molar-refractivity contribution is 0.102. The number of para-hydroxylation sites is 1. The first kappa shape index (κ1) is 17.6. The number of benzene rings is 1. The molecule has 0 fully saturated rings. The largest absolute Gasteiger partial charge is 0.320 e. The molecule has 2 N–H and O–H groups in total. The Morgan fingerprint density at radius 3 is 2.46 bits per heavy atom. The van der Waals surface area contributed by atoms with E-state index in [2.05, 4.69) is 20.6 Å². The minimum Gasteiger partial charge on any atom is -0.320 e. The fraction of sp³-hybridized carbons (Fsp3) is 0.0526. The summed E-state index contributed by atoms with van der Waals surface area (Å²) in [7, 11) is 0. The van der Waals surface area contributed by atoms with E-state index in [1.165, 1.54) is 6.20 Å². The van der Waals surface area contributed by atoms with Gasteiger partial charge in [-0.2, -0.15) is 0 Å². The summed E-state index contributed by atoms with van der Waals surface area (Å²) in [6, 6.07) is 15.1. The topological polar surface area (TPSA) is 84.0 Å². The molecule has 2 aromatic heterocycles. The van der Waals surface area contributed by atoms with Crippen molar-refractivity contribution in [3.05, 3.63) is 82.8 Å². The Bertz CT molecular complexity index is 958. The highest BCUT2D eigenvalue weighted by molar-refractivity contribution is 6.30. The maximum Gasteiger partial charge on any atom is 0.274 e. The van der Waals surface area contributed by atoms with Gasteiger partial charge in [-0.25, -0.2) is 9.97 Å². The zero-order valence-electron chi connectivity index (χ0n) is 13.9. The highest BCUT2D eigenvalue weighted by atomic mass is 35.5. The highest BCUT2D eigenvalue weighted by Gasteiger charge is 2.15. The molecule has 3 aromatic rings. The Hall–Kier alpha value is -3.25. The molecule has 7 heteroatoms. The molecule has 1 aromatic carbocycles. The molecule has 0 aliphatic heterocycles. The number of hydrogen-bond acceptors (Lipinski definition) is 4. The van der Waals surface area contributed by atoms with E-state index in [9.17, 15) is 9.59 Å². The molecular weight excluding hydrogens is 352 g/mol. The fourth-order valence-electron chi connectivity index (χ4n) is 2.28. The molecule has 0 spiro atoms. The normalized spacial score (nSPS) is 10.2. The van der Waals surface area contributed by atoms with Crippen molar-refractivity contribution in [3.63, 3.8) is 0 Å². The molecule has 2 heterocycles. The van der Waals surface area contributed by atoms with E-state index in [1.807, 2.05) is 0 Å². The first-order chi connectivity index (χ1) is 12.5. The van der Waals surface area contributed by atoms with Crippen LogP contribution < -0.4 is 10.6 Å². The Labute approximate surface area is 155 Å². The summed E-state index contributed by atoms with van der Waals surface area (Å²) in [6.07, 6.45) is 1.44. The first-order valence-corrected chi connectivity index (χ1v) is 8.17. The van der Waals surface area contributed by atoms with Gasteiger partial charge < -0.3 is 10.6 Å². The molecule has 2 amide bonds. The van der Waals surface area contributed by atoms with Gasteiger partial charge in [0.1, 0.15) is 11.5 Å². The van der Waals surface area contributed by atoms with Gasteiger partial charge >= 0.3 is 0 Å². The Morgan fingerprint density at radius 1 is 0.923 bits per heavy atom. The van der Waals surface area contributed by atoms with E-state index in [-0.39, 0.29) is 5.69 Å². The second-order valence-electron chi connectivity index (χ2n) is 5.48. The molecule has 6 nitrogen and oxygen atoms in total. The molecule has 3 rings (SSSR count). The highest BCUT2D eigenvalue weighted by Crippen LogP contribution is 2.18. The number of nitrogens with zero attached hydrogens (tertiary/aromatic N) is 2. The summed E-state index contributed by atoms with van der Waals surface area (Å²) in [5.74, 6) is -0.424. The third kappa shape index (κ3) is 4.23. The van der Waals surface area contributed by atoms with Gasteiger partial charge in [-0.05, 0) is 43.3 Å². The van der Waals surface area contributed by atoms with E-state index in [0.29, 0.717) is 22.1 Å². The summed E-state index contributed by atoms with van der Waals surface area (Å²) < 4.78 is 0. The van der Waals surface area contributed by atoms with Crippen molar-refractivity contribution < 1.29 is 9.59 Å². The quantitative estimate of drug-likeness (QED) is 0.732. The molecule has 0 unspecified atom stereocenters. The zero-order valence-corrected chi connectivity index (χ0v) is 14.6. The third-order valence-electron chi connectivity index (χ3n) is 3.51. The standard InChI is InChI=1S/C19H15ClN4O2/c1-12-5-4-8-16(22-12)19(26)23-15-7-3-2-6-14(15)18(25)24-17-10-9-13(20)11-21-17/h2-11H,1H3,(H,23,26)(H,21,24,25). The van der Waals surface area contributed by atoms with Crippen LogP contribution in [0.4, 0.5) is 11.5 Å². The number of amides is 2. The molecule has 0 aliphatic carbocycles. The van der Waals surface area contributed by atoms with Crippen molar-refractivity contribution in [3.8, 4) is 0 Å². The van der Waals surface area contributed by atoms with Crippen molar-refractivity contribution in [2.75, 3.05) is 10.6 Å². The van der Waals surface area contributed by atoms with Crippen LogP contribution in [0.25, 0.3) is 0 Å². The van der Waals surface area contributed by atoms with Gasteiger partial charge in [-0.1, -0.05) is 29.8 Å².